The molecule has 0 aliphatic rings. The molecule has 0 aromatic heterocycles. The molecule has 2 N–H and O–H groups in total. The molecule has 0 unspecified atom stereocenters. The summed E-state index contributed by atoms with van der Waals surface area (Å²) in [5.74, 6) is -2.03. The molecule has 1 rings (SSSR count). The lowest BCUT2D eigenvalue weighted by Gasteiger charge is -2.11. The van der Waals surface area contributed by atoms with Gasteiger partial charge in [0.25, 0.3) is 11.8 Å². The van der Waals surface area contributed by atoms with E-state index in [0.717, 1.165) is 0 Å². The van der Waals surface area contributed by atoms with Crippen molar-refractivity contribution in [2.75, 3.05) is 33.8 Å². The van der Waals surface area contributed by atoms with Crippen LogP contribution in [0.1, 0.15) is 10.4 Å². The topological polar surface area (TPSA) is 105 Å². The van der Waals surface area contributed by atoms with Gasteiger partial charge in [0, 0.05) is 19.7 Å². The quantitative estimate of drug-likeness (QED) is 0.638. The first-order valence-corrected chi connectivity index (χ1v) is 6.86. The van der Waals surface area contributed by atoms with Gasteiger partial charge in [0.05, 0.1) is 6.54 Å². The van der Waals surface area contributed by atoms with Gasteiger partial charge in [-0.15, -0.1) is 0 Å². The molecule has 0 aliphatic carbocycles. The van der Waals surface area contributed by atoms with Gasteiger partial charge >= 0.3 is 5.97 Å². The molecule has 0 saturated carbocycles. The van der Waals surface area contributed by atoms with Crippen LogP contribution in [-0.2, 0) is 19.1 Å². The molecular weight excluding hydrogens is 302 g/mol. The van der Waals surface area contributed by atoms with Gasteiger partial charge in [-0.2, -0.15) is 0 Å². The molecule has 0 bridgehead atoms. The van der Waals surface area contributed by atoms with Crippen molar-refractivity contribution >= 4 is 23.7 Å². The maximum Gasteiger partial charge on any atom is 0.325 e. The average Bonchev–Trinajstić information content (AvgIpc) is 2.56. The molecule has 1 aromatic rings. The molecule has 0 fully saturated rings. The summed E-state index contributed by atoms with van der Waals surface area (Å²) < 4.78 is 4.69. The minimum absolute atomic E-state index is 0.172. The number of likely N-dealkylation sites (N-methyl/N-ethyl adjacent to an activating group) is 1. The van der Waals surface area contributed by atoms with Crippen LogP contribution in [0.2, 0.25) is 0 Å². The third-order valence-corrected chi connectivity index (χ3v) is 2.73. The normalized spacial score (nSPS) is 9.65. The second-order valence-electron chi connectivity index (χ2n) is 4.77. The van der Waals surface area contributed by atoms with E-state index in [-0.39, 0.29) is 19.0 Å². The molecule has 0 heterocycles. The van der Waals surface area contributed by atoms with Gasteiger partial charge in [-0.25, -0.2) is 0 Å². The number of ether oxygens (including phenoxy) is 1. The van der Waals surface area contributed by atoms with Crippen LogP contribution in [0.4, 0.5) is 0 Å². The largest absolute Gasteiger partial charge is 0.454 e. The number of rotatable bonds is 7. The van der Waals surface area contributed by atoms with E-state index in [1.165, 1.54) is 4.90 Å². The van der Waals surface area contributed by atoms with E-state index < -0.39 is 24.4 Å². The van der Waals surface area contributed by atoms with E-state index in [1.807, 2.05) is 0 Å². The van der Waals surface area contributed by atoms with Gasteiger partial charge in [0.2, 0.25) is 5.91 Å². The molecule has 0 saturated heterocycles. The van der Waals surface area contributed by atoms with Crippen LogP contribution in [0.3, 0.4) is 0 Å². The molecule has 1 aromatic carbocycles. The summed E-state index contributed by atoms with van der Waals surface area (Å²) in [5.41, 5.74) is 0.417. The second-order valence-corrected chi connectivity index (χ2v) is 4.77. The lowest BCUT2D eigenvalue weighted by molar-refractivity contribution is -0.147. The van der Waals surface area contributed by atoms with Crippen LogP contribution in [-0.4, -0.2) is 62.4 Å². The van der Waals surface area contributed by atoms with Gasteiger partial charge in [0.1, 0.15) is 6.54 Å². The first-order chi connectivity index (χ1) is 10.9. The first kappa shape index (κ1) is 18.1. The predicted molar refractivity (Wildman–Crippen MR) is 81.4 cm³/mol. The molecule has 0 atom stereocenters. The third kappa shape index (κ3) is 7.07. The van der Waals surface area contributed by atoms with Crippen LogP contribution in [0, 0.1) is 0 Å². The van der Waals surface area contributed by atoms with Crippen LogP contribution in [0.5, 0.6) is 0 Å². The molecule has 23 heavy (non-hydrogen) atoms. The van der Waals surface area contributed by atoms with Gasteiger partial charge in [-0.3, -0.25) is 19.2 Å². The summed E-state index contributed by atoms with van der Waals surface area (Å²) in [6.45, 7) is -1.04. The van der Waals surface area contributed by atoms with Crippen molar-refractivity contribution < 1.29 is 23.9 Å². The number of nitrogens with zero attached hydrogens (tertiary/aromatic N) is 1. The fourth-order valence-electron chi connectivity index (χ4n) is 1.42. The molecule has 0 aliphatic heterocycles. The Balaban J connectivity index is 2.23. The van der Waals surface area contributed by atoms with E-state index in [2.05, 4.69) is 10.6 Å². The Hall–Kier alpha value is -2.90. The van der Waals surface area contributed by atoms with Gasteiger partial charge < -0.3 is 20.3 Å². The van der Waals surface area contributed by atoms with E-state index in [9.17, 15) is 19.2 Å². The smallest absolute Gasteiger partial charge is 0.325 e. The van der Waals surface area contributed by atoms with Crippen molar-refractivity contribution in [3.8, 4) is 0 Å². The lowest BCUT2D eigenvalue weighted by Crippen LogP contribution is -2.39. The predicted octanol–water partition coefficient (Wildman–Crippen LogP) is -0.836. The maximum absolute atomic E-state index is 11.7. The standard InChI is InChI=1S/C15H19N3O5/c1-18(2)13(20)8-16-12(19)10-23-14(21)9-17-15(22)11-6-4-3-5-7-11/h3-7H,8-10H2,1-2H3,(H,16,19)(H,17,22). The third-order valence-electron chi connectivity index (χ3n) is 2.73. The summed E-state index contributed by atoms with van der Waals surface area (Å²) in [5, 5.41) is 4.70. The van der Waals surface area contributed by atoms with Gasteiger partial charge in [-0.05, 0) is 12.1 Å². The Morgan fingerprint density at radius 1 is 1.00 bits per heavy atom. The zero-order valence-corrected chi connectivity index (χ0v) is 13.0. The Bertz CT molecular complexity index is 572. The van der Waals surface area contributed by atoms with Crippen LogP contribution < -0.4 is 10.6 Å². The number of hydrogen-bond acceptors (Lipinski definition) is 5. The number of carbonyl (C=O) groups is 4. The minimum atomic E-state index is -0.747. The number of esters is 1. The molecule has 124 valence electrons. The van der Waals surface area contributed by atoms with Crippen LogP contribution in [0.25, 0.3) is 0 Å². The zero-order valence-electron chi connectivity index (χ0n) is 13.0. The highest BCUT2D eigenvalue weighted by atomic mass is 16.5. The number of benzene rings is 1. The summed E-state index contributed by atoms with van der Waals surface area (Å²) in [6.07, 6.45) is 0. The van der Waals surface area contributed by atoms with Crippen LogP contribution in [0.15, 0.2) is 30.3 Å². The number of nitrogens with one attached hydrogen (secondary N) is 2. The Morgan fingerprint density at radius 2 is 1.65 bits per heavy atom. The Morgan fingerprint density at radius 3 is 2.26 bits per heavy atom. The van der Waals surface area contributed by atoms with Crippen molar-refractivity contribution in [1.82, 2.24) is 15.5 Å². The van der Waals surface area contributed by atoms with E-state index >= 15 is 0 Å². The highest BCUT2D eigenvalue weighted by Crippen LogP contribution is 1.97. The summed E-state index contributed by atoms with van der Waals surface area (Å²) in [6, 6.07) is 8.38. The van der Waals surface area contributed by atoms with Crippen molar-refractivity contribution in [1.29, 1.82) is 0 Å². The molecule has 8 heteroatoms. The molecule has 0 radical (unpaired) electrons. The molecule has 8 nitrogen and oxygen atoms in total. The SMILES string of the molecule is CN(C)C(=O)CNC(=O)COC(=O)CNC(=O)c1ccccc1. The van der Waals surface area contributed by atoms with E-state index in [1.54, 1.807) is 44.4 Å². The van der Waals surface area contributed by atoms with Crippen LogP contribution >= 0.6 is 0 Å². The van der Waals surface area contributed by atoms with Crippen molar-refractivity contribution in [3.63, 3.8) is 0 Å². The van der Waals surface area contributed by atoms with Crippen molar-refractivity contribution in [3.05, 3.63) is 35.9 Å². The highest BCUT2D eigenvalue weighted by molar-refractivity contribution is 5.96. The second kappa shape index (κ2) is 9.19. The highest BCUT2D eigenvalue weighted by Gasteiger charge is 2.11. The van der Waals surface area contributed by atoms with E-state index in [4.69, 9.17) is 4.74 Å². The lowest BCUT2D eigenvalue weighted by atomic mass is 10.2. The average molecular weight is 321 g/mol. The summed E-state index contributed by atoms with van der Waals surface area (Å²) in [7, 11) is 3.12. The molecule has 3 amide bonds. The maximum atomic E-state index is 11.7. The van der Waals surface area contributed by atoms with Gasteiger partial charge in [-0.1, -0.05) is 18.2 Å². The zero-order chi connectivity index (χ0) is 17.2. The fraction of sp³-hybridized carbons (Fsp3) is 0.333. The number of carbonyl (C=O) groups excluding carboxylic acids is 4. The Kier molecular flexibility index (Phi) is 7.25. The number of hydrogen-bond donors (Lipinski definition) is 2. The Labute approximate surface area is 133 Å². The molecular formula is C15H19N3O5. The monoisotopic (exact) mass is 321 g/mol. The van der Waals surface area contributed by atoms with Crippen molar-refractivity contribution in [2.45, 2.75) is 0 Å². The fourth-order valence-corrected chi connectivity index (χ4v) is 1.42. The first-order valence-electron chi connectivity index (χ1n) is 6.86. The van der Waals surface area contributed by atoms with Gasteiger partial charge in [0.15, 0.2) is 6.61 Å². The van der Waals surface area contributed by atoms with E-state index in [0.29, 0.717) is 5.56 Å². The number of amides is 3. The molecule has 0 spiro atoms. The summed E-state index contributed by atoms with van der Waals surface area (Å²) in [4.78, 5) is 47.1. The minimum Gasteiger partial charge on any atom is -0.454 e. The summed E-state index contributed by atoms with van der Waals surface area (Å²) >= 11 is 0. The van der Waals surface area contributed by atoms with Crippen molar-refractivity contribution in [2.24, 2.45) is 0 Å².